The zero-order valence-electron chi connectivity index (χ0n) is 12.9. The van der Waals surface area contributed by atoms with Crippen molar-refractivity contribution < 1.29 is 14.3 Å². The molecule has 1 aromatic carbocycles. The molecule has 0 spiro atoms. The Hall–Kier alpha value is -1.18. The number of thioether (sulfide) groups is 1. The van der Waals surface area contributed by atoms with Gasteiger partial charge in [-0.1, -0.05) is 42.8 Å². The smallest absolute Gasteiger partial charge is 0.286 e. The lowest BCUT2D eigenvalue weighted by molar-refractivity contribution is -0.118. The molecule has 3 unspecified atom stereocenters. The average molecular weight is 352 g/mol. The van der Waals surface area contributed by atoms with Gasteiger partial charge in [-0.3, -0.25) is 19.6 Å². The Bertz CT molecular complexity index is 579. The number of rotatable bonds is 6. The fraction of sp³-hybridized carbons (Fsp3) is 0.500. The van der Waals surface area contributed by atoms with Gasteiger partial charge in [0, 0.05) is 11.8 Å². The van der Waals surface area contributed by atoms with Gasteiger partial charge in [0.25, 0.3) is 5.24 Å². The topological polar surface area (TPSA) is 67.4 Å². The summed E-state index contributed by atoms with van der Waals surface area (Å²) >= 11 is 2.87. The molecule has 2 heterocycles. The zero-order chi connectivity index (χ0) is 16.2. The Kier molecular flexibility index (Phi) is 5.50. The molecule has 2 aliphatic heterocycles. The van der Waals surface area contributed by atoms with Crippen molar-refractivity contribution >= 4 is 34.9 Å². The lowest BCUT2D eigenvalue weighted by atomic mass is 10.1. The van der Waals surface area contributed by atoms with E-state index in [1.165, 1.54) is 0 Å². The monoisotopic (exact) mass is 352 g/mol. The van der Waals surface area contributed by atoms with E-state index >= 15 is 0 Å². The molecule has 3 atom stereocenters. The van der Waals surface area contributed by atoms with Crippen molar-refractivity contribution in [1.82, 2.24) is 10.0 Å². The van der Waals surface area contributed by atoms with Crippen LogP contribution in [0.3, 0.4) is 0 Å². The summed E-state index contributed by atoms with van der Waals surface area (Å²) < 4.78 is 9.12. The van der Waals surface area contributed by atoms with Gasteiger partial charge in [-0.15, -0.1) is 0 Å². The van der Waals surface area contributed by atoms with Crippen molar-refractivity contribution in [3.8, 4) is 5.75 Å². The molecule has 0 bridgehead atoms. The van der Waals surface area contributed by atoms with Crippen molar-refractivity contribution in [3.05, 3.63) is 29.8 Å². The highest BCUT2D eigenvalue weighted by molar-refractivity contribution is 8.15. The van der Waals surface area contributed by atoms with Crippen LogP contribution >= 0.6 is 23.7 Å². The third kappa shape index (κ3) is 4.43. The van der Waals surface area contributed by atoms with Crippen molar-refractivity contribution in [2.24, 2.45) is 5.92 Å². The van der Waals surface area contributed by atoms with Crippen LogP contribution in [0.15, 0.2) is 24.3 Å². The Balaban J connectivity index is 1.45. The first kappa shape index (κ1) is 16.7. The number of ether oxygens (including phenoxy) is 1. The molecule has 2 fully saturated rings. The summed E-state index contributed by atoms with van der Waals surface area (Å²) in [7, 11) is 0. The maximum absolute atomic E-state index is 11.6. The minimum atomic E-state index is -0.317. The van der Waals surface area contributed by atoms with E-state index in [4.69, 9.17) is 4.74 Å². The first-order chi connectivity index (χ1) is 11.1. The first-order valence-electron chi connectivity index (χ1n) is 7.73. The summed E-state index contributed by atoms with van der Waals surface area (Å²) in [6.45, 7) is 4.03. The molecule has 7 heteroatoms. The highest BCUT2D eigenvalue weighted by atomic mass is 32.2. The maximum atomic E-state index is 11.6. The number of carbonyl (C=O) groups is 2. The highest BCUT2D eigenvalue weighted by Gasteiger charge is 2.31. The van der Waals surface area contributed by atoms with E-state index in [9.17, 15) is 9.59 Å². The Morgan fingerprint density at radius 3 is 2.65 bits per heavy atom. The number of hydrogen-bond acceptors (Lipinski definition) is 6. The van der Waals surface area contributed by atoms with Crippen molar-refractivity contribution in [2.45, 2.75) is 30.3 Å². The second-order valence-electron chi connectivity index (χ2n) is 5.85. The molecule has 2 saturated heterocycles. The molecule has 5 nitrogen and oxygen atoms in total. The van der Waals surface area contributed by atoms with Crippen LogP contribution in [0.5, 0.6) is 5.75 Å². The fourth-order valence-corrected chi connectivity index (χ4v) is 4.61. The minimum absolute atomic E-state index is 0.197. The summed E-state index contributed by atoms with van der Waals surface area (Å²) in [5, 5.41) is 2.35. The summed E-state index contributed by atoms with van der Waals surface area (Å²) in [6.07, 6.45) is 1.59. The summed E-state index contributed by atoms with van der Waals surface area (Å²) in [5.41, 5.74) is 1.03. The van der Waals surface area contributed by atoms with E-state index < -0.39 is 0 Å². The Morgan fingerprint density at radius 1 is 1.26 bits per heavy atom. The molecule has 0 saturated carbocycles. The number of amides is 2. The molecule has 2 aliphatic rings. The van der Waals surface area contributed by atoms with Gasteiger partial charge in [-0.05, 0) is 36.5 Å². The van der Waals surface area contributed by atoms with Gasteiger partial charge in [0.1, 0.15) is 5.75 Å². The van der Waals surface area contributed by atoms with Crippen LogP contribution in [0.2, 0.25) is 0 Å². The van der Waals surface area contributed by atoms with E-state index in [1.54, 1.807) is 0 Å². The van der Waals surface area contributed by atoms with Gasteiger partial charge in [-0.25, -0.2) is 0 Å². The normalized spacial score (nSPS) is 27.3. The predicted octanol–water partition coefficient (Wildman–Crippen LogP) is 2.61. The van der Waals surface area contributed by atoms with Crippen LogP contribution in [0.25, 0.3) is 0 Å². The molecule has 3 rings (SSSR count). The van der Waals surface area contributed by atoms with Crippen LogP contribution in [0.1, 0.15) is 18.9 Å². The molecular formula is C16H20N2O3S2. The highest BCUT2D eigenvalue weighted by Crippen LogP contribution is 2.27. The van der Waals surface area contributed by atoms with Crippen molar-refractivity contribution in [2.75, 3.05) is 13.2 Å². The van der Waals surface area contributed by atoms with E-state index in [0.717, 1.165) is 36.0 Å². The quantitative estimate of drug-likeness (QED) is 0.767. The van der Waals surface area contributed by atoms with Crippen LogP contribution in [-0.2, 0) is 11.2 Å². The van der Waals surface area contributed by atoms with Gasteiger partial charge in [-0.2, -0.15) is 0 Å². The first-order valence-corrected chi connectivity index (χ1v) is 9.49. The standard InChI is InChI=1S/C16H20N2O3S2/c1-10-9-17-23-13(10)6-7-21-12-4-2-11(3-5-12)8-14-15(19)18-16(20)22-14/h2-5,10,13-14,17H,6-9H2,1H3,(H,18,19,20). The molecule has 2 N–H and O–H groups in total. The van der Waals surface area contributed by atoms with E-state index in [1.807, 2.05) is 36.2 Å². The van der Waals surface area contributed by atoms with Gasteiger partial charge < -0.3 is 4.74 Å². The Labute approximate surface area is 144 Å². The van der Waals surface area contributed by atoms with Crippen molar-refractivity contribution in [1.29, 1.82) is 0 Å². The molecule has 0 aliphatic carbocycles. The molecule has 1 aromatic rings. The predicted molar refractivity (Wildman–Crippen MR) is 93.7 cm³/mol. The number of carbonyl (C=O) groups excluding carboxylic acids is 2. The third-order valence-corrected chi connectivity index (χ3v) is 6.38. The number of benzene rings is 1. The van der Waals surface area contributed by atoms with Gasteiger partial charge >= 0.3 is 0 Å². The summed E-state index contributed by atoms with van der Waals surface area (Å²) in [6, 6.07) is 7.78. The Morgan fingerprint density at radius 2 is 2.04 bits per heavy atom. The van der Waals surface area contributed by atoms with Crippen LogP contribution < -0.4 is 14.8 Å². The summed E-state index contributed by atoms with van der Waals surface area (Å²) in [5.74, 6) is 1.33. The molecular weight excluding hydrogens is 332 g/mol. The lowest BCUT2D eigenvalue weighted by Crippen LogP contribution is -2.25. The SMILES string of the molecule is CC1CNSC1CCOc1ccc(CC2SC(=O)NC2=O)cc1. The second kappa shape index (κ2) is 7.59. The van der Waals surface area contributed by atoms with Gasteiger partial charge in [0.05, 0.1) is 11.9 Å². The minimum Gasteiger partial charge on any atom is -0.494 e. The largest absolute Gasteiger partial charge is 0.494 e. The van der Waals surface area contributed by atoms with Crippen LogP contribution in [-0.4, -0.2) is 34.8 Å². The average Bonchev–Trinajstić information content (AvgIpc) is 3.07. The number of imide groups is 1. The lowest BCUT2D eigenvalue weighted by Gasteiger charge is -2.13. The zero-order valence-corrected chi connectivity index (χ0v) is 14.5. The van der Waals surface area contributed by atoms with Crippen molar-refractivity contribution in [3.63, 3.8) is 0 Å². The number of nitrogens with one attached hydrogen (secondary N) is 2. The summed E-state index contributed by atoms with van der Waals surface area (Å²) in [4.78, 5) is 22.7. The maximum Gasteiger partial charge on any atom is 0.286 e. The molecule has 124 valence electrons. The molecule has 23 heavy (non-hydrogen) atoms. The molecule has 0 aromatic heterocycles. The fourth-order valence-electron chi connectivity index (χ4n) is 2.63. The van der Waals surface area contributed by atoms with E-state index in [0.29, 0.717) is 24.2 Å². The number of hydrogen-bond donors (Lipinski definition) is 2. The van der Waals surface area contributed by atoms with E-state index in [-0.39, 0.29) is 16.4 Å². The van der Waals surface area contributed by atoms with E-state index in [2.05, 4.69) is 17.0 Å². The third-order valence-electron chi connectivity index (χ3n) is 4.06. The molecule has 0 radical (unpaired) electrons. The van der Waals surface area contributed by atoms with Crippen LogP contribution in [0, 0.1) is 5.92 Å². The van der Waals surface area contributed by atoms with Gasteiger partial charge in [0.15, 0.2) is 0 Å². The molecule has 2 amide bonds. The second-order valence-corrected chi connectivity index (χ2v) is 8.16. The van der Waals surface area contributed by atoms with Gasteiger partial charge in [0.2, 0.25) is 5.91 Å². The van der Waals surface area contributed by atoms with Crippen LogP contribution in [0.4, 0.5) is 4.79 Å².